The first-order valence-electron chi connectivity index (χ1n) is 8.55. The van der Waals surface area contributed by atoms with Crippen molar-refractivity contribution in [2.75, 3.05) is 14.2 Å². The van der Waals surface area contributed by atoms with E-state index >= 15 is 0 Å². The first-order chi connectivity index (χ1) is 13.2. The number of carbonyl (C=O) groups is 1. The summed E-state index contributed by atoms with van der Waals surface area (Å²) in [7, 11) is 3.15. The van der Waals surface area contributed by atoms with Gasteiger partial charge in [-0.15, -0.1) is 0 Å². The van der Waals surface area contributed by atoms with Crippen molar-refractivity contribution >= 4 is 28.6 Å². The largest absolute Gasteiger partial charge is 0.493 e. The van der Waals surface area contributed by atoms with E-state index < -0.39 is 0 Å². The minimum Gasteiger partial charge on any atom is -0.493 e. The Morgan fingerprint density at radius 2 is 1.67 bits per heavy atom. The van der Waals surface area contributed by atoms with Gasteiger partial charge in [0.25, 0.3) is 0 Å². The highest BCUT2D eigenvalue weighted by molar-refractivity contribution is 6.06. The van der Waals surface area contributed by atoms with Crippen molar-refractivity contribution in [2.24, 2.45) is 0 Å². The molecule has 0 N–H and O–H groups in total. The van der Waals surface area contributed by atoms with Crippen molar-refractivity contribution in [3.05, 3.63) is 83.4 Å². The smallest absolute Gasteiger partial charge is 0.343 e. The molecule has 1 aliphatic heterocycles. The van der Waals surface area contributed by atoms with Gasteiger partial charge in [0, 0.05) is 5.56 Å². The molecule has 4 rings (SSSR count). The van der Waals surface area contributed by atoms with Gasteiger partial charge in [-0.2, -0.15) is 0 Å². The van der Waals surface area contributed by atoms with Gasteiger partial charge in [0.15, 0.2) is 11.5 Å². The van der Waals surface area contributed by atoms with E-state index in [1.165, 1.54) is 0 Å². The second kappa shape index (κ2) is 7.00. The zero-order valence-electron chi connectivity index (χ0n) is 15.1. The van der Waals surface area contributed by atoms with Gasteiger partial charge in [0.1, 0.15) is 5.76 Å². The number of hydrogen-bond donors (Lipinski definition) is 0. The van der Waals surface area contributed by atoms with Gasteiger partial charge < -0.3 is 14.2 Å². The molecule has 0 bridgehead atoms. The maximum absolute atomic E-state index is 12.4. The average molecular weight is 358 g/mol. The summed E-state index contributed by atoms with van der Waals surface area (Å²) < 4.78 is 16.1. The van der Waals surface area contributed by atoms with Crippen LogP contribution >= 0.6 is 0 Å². The van der Waals surface area contributed by atoms with E-state index in [9.17, 15) is 4.79 Å². The molecule has 1 aliphatic rings. The SMILES string of the molecule is COc1ccc(C2=CC(=Cc3cccc4ccccc34)C(=O)O2)cc1OC. The fourth-order valence-corrected chi connectivity index (χ4v) is 3.16. The van der Waals surface area contributed by atoms with E-state index in [2.05, 4.69) is 12.1 Å². The van der Waals surface area contributed by atoms with Crippen LogP contribution in [0.25, 0.3) is 22.6 Å². The molecule has 0 radical (unpaired) electrons. The van der Waals surface area contributed by atoms with Gasteiger partial charge in [-0.25, -0.2) is 4.79 Å². The normalized spacial score (nSPS) is 15.0. The third-order valence-corrected chi connectivity index (χ3v) is 4.53. The van der Waals surface area contributed by atoms with Crippen LogP contribution in [0.1, 0.15) is 11.1 Å². The van der Waals surface area contributed by atoms with Gasteiger partial charge in [-0.05, 0) is 46.7 Å². The number of ether oxygens (including phenoxy) is 3. The Bertz CT molecular complexity index is 1090. The molecule has 27 heavy (non-hydrogen) atoms. The van der Waals surface area contributed by atoms with Crippen molar-refractivity contribution in [1.29, 1.82) is 0 Å². The number of esters is 1. The van der Waals surface area contributed by atoms with Crippen LogP contribution in [0.4, 0.5) is 0 Å². The molecule has 0 amide bonds. The van der Waals surface area contributed by atoms with Crippen LogP contribution in [0.2, 0.25) is 0 Å². The lowest BCUT2D eigenvalue weighted by Crippen LogP contribution is -1.98. The molecule has 134 valence electrons. The summed E-state index contributed by atoms with van der Waals surface area (Å²) in [5.41, 5.74) is 2.24. The van der Waals surface area contributed by atoms with E-state index in [-0.39, 0.29) is 5.97 Å². The van der Waals surface area contributed by atoms with E-state index in [4.69, 9.17) is 14.2 Å². The van der Waals surface area contributed by atoms with Crippen LogP contribution < -0.4 is 9.47 Å². The maximum atomic E-state index is 12.4. The Labute approximate surface area is 157 Å². The zero-order valence-corrected chi connectivity index (χ0v) is 15.1. The summed E-state index contributed by atoms with van der Waals surface area (Å²) in [4.78, 5) is 12.4. The Hall–Kier alpha value is -3.53. The summed E-state index contributed by atoms with van der Waals surface area (Å²) in [5, 5.41) is 2.22. The first-order valence-corrected chi connectivity index (χ1v) is 8.55. The molecule has 4 nitrogen and oxygen atoms in total. The first kappa shape index (κ1) is 16.9. The topological polar surface area (TPSA) is 44.8 Å². The number of carbonyl (C=O) groups excluding carboxylic acids is 1. The number of benzene rings is 3. The molecule has 0 saturated carbocycles. The standard InChI is InChI=1S/C23H18O4/c1-25-20-11-10-17(13-22(20)26-2)21-14-18(23(24)27-21)12-16-8-5-7-15-6-3-4-9-19(15)16/h3-14H,1-2H3. The fraction of sp³-hybridized carbons (Fsp3) is 0.0870. The van der Waals surface area contributed by atoms with Gasteiger partial charge in [-0.3, -0.25) is 0 Å². The number of cyclic esters (lactones) is 1. The lowest BCUT2D eigenvalue weighted by Gasteiger charge is -2.09. The highest BCUT2D eigenvalue weighted by Gasteiger charge is 2.23. The predicted octanol–water partition coefficient (Wildman–Crippen LogP) is 4.84. The van der Waals surface area contributed by atoms with Crippen LogP contribution in [0.15, 0.2) is 72.3 Å². The lowest BCUT2D eigenvalue weighted by molar-refractivity contribution is -0.130. The lowest BCUT2D eigenvalue weighted by atomic mass is 10.0. The molecule has 0 unspecified atom stereocenters. The minimum absolute atomic E-state index is 0.368. The summed E-state index contributed by atoms with van der Waals surface area (Å²) in [6, 6.07) is 19.5. The van der Waals surface area contributed by atoms with Gasteiger partial charge in [-0.1, -0.05) is 42.5 Å². The Balaban J connectivity index is 1.74. The molecule has 0 fully saturated rings. The Morgan fingerprint density at radius 1 is 0.889 bits per heavy atom. The van der Waals surface area contributed by atoms with Crippen molar-refractivity contribution in [1.82, 2.24) is 0 Å². The molecule has 0 saturated heterocycles. The van der Waals surface area contributed by atoms with E-state index in [0.717, 1.165) is 21.9 Å². The third-order valence-electron chi connectivity index (χ3n) is 4.53. The summed E-state index contributed by atoms with van der Waals surface area (Å²) >= 11 is 0. The minimum atomic E-state index is -0.368. The molecule has 0 aromatic heterocycles. The molecule has 0 spiro atoms. The van der Waals surface area contributed by atoms with Crippen molar-refractivity contribution in [2.45, 2.75) is 0 Å². The van der Waals surface area contributed by atoms with Crippen molar-refractivity contribution in [3.63, 3.8) is 0 Å². The van der Waals surface area contributed by atoms with E-state index in [1.54, 1.807) is 32.4 Å². The van der Waals surface area contributed by atoms with Crippen LogP contribution in [0.3, 0.4) is 0 Å². The molecule has 0 atom stereocenters. The molecular weight excluding hydrogens is 340 g/mol. The second-order valence-corrected chi connectivity index (χ2v) is 6.14. The highest BCUT2D eigenvalue weighted by Crippen LogP contribution is 2.34. The summed E-state index contributed by atoms with van der Waals surface area (Å²) in [6.45, 7) is 0. The van der Waals surface area contributed by atoms with Crippen LogP contribution in [0, 0.1) is 0 Å². The number of fused-ring (bicyclic) bond motifs is 1. The molecule has 4 heteroatoms. The van der Waals surface area contributed by atoms with Gasteiger partial charge >= 0.3 is 5.97 Å². The third kappa shape index (κ3) is 3.17. The summed E-state index contributed by atoms with van der Waals surface area (Å²) in [6.07, 6.45) is 3.61. The monoisotopic (exact) mass is 358 g/mol. The average Bonchev–Trinajstić information content (AvgIpc) is 3.08. The number of methoxy groups -OCH3 is 2. The van der Waals surface area contributed by atoms with Crippen LogP contribution in [-0.4, -0.2) is 20.2 Å². The summed E-state index contributed by atoms with van der Waals surface area (Å²) in [5.74, 6) is 1.33. The number of rotatable bonds is 4. The van der Waals surface area contributed by atoms with Gasteiger partial charge in [0.05, 0.1) is 19.8 Å². The van der Waals surface area contributed by atoms with Crippen molar-refractivity contribution in [3.8, 4) is 11.5 Å². The van der Waals surface area contributed by atoms with Gasteiger partial charge in [0.2, 0.25) is 0 Å². The van der Waals surface area contributed by atoms with E-state index in [0.29, 0.717) is 22.8 Å². The molecule has 3 aromatic carbocycles. The zero-order chi connectivity index (χ0) is 18.8. The highest BCUT2D eigenvalue weighted by atomic mass is 16.5. The maximum Gasteiger partial charge on any atom is 0.343 e. The van der Waals surface area contributed by atoms with E-state index in [1.807, 2.05) is 42.5 Å². The number of hydrogen-bond acceptors (Lipinski definition) is 4. The van der Waals surface area contributed by atoms with Crippen LogP contribution in [0.5, 0.6) is 11.5 Å². The Kier molecular flexibility index (Phi) is 4.38. The molecule has 3 aromatic rings. The molecular formula is C23H18O4. The molecule has 0 aliphatic carbocycles. The van der Waals surface area contributed by atoms with Crippen molar-refractivity contribution < 1.29 is 19.0 Å². The predicted molar refractivity (Wildman–Crippen MR) is 106 cm³/mol. The quantitative estimate of drug-likeness (QED) is 0.495. The van der Waals surface area contributed by atoms with Crippen LogP contribution in [-0.2, 0) is 9.53 Å². The Morgan fingerprint density at radius 3 is 2.48 bits per heavy atom. The fourth-order valence-electron chi connectivity index (χ4n) is 3.16. The molecule has 1 heterocycles. The second-order valence-electron chi connectivity index (χ2n) is 6.14.